The topological polar surface area (TPSA) is 80.1 Å². The van der Waals surface area contributed by atoms with E-state index in [1.807, 2.05) is 19.1 Å². The Balaban J connectivity index is 1.73. The fourth-order valence-corrected chi connectivity index (χ4v) is 1.96. The predicted octanol–water partition coefficient (Wildman–Crippen LogP) is 2.91. The Bertz CT molecular complexity index is 589. The maximum atomic E-state index is 12.0. The molecule has 2 heterocycles. The average Bonchev–Trinajstić information content (AvgIpc) is 3.14. The average molecular weight is 305 g/mol. The van der Waals surface area contributed by atoms with E-state index in [0.29, 0.717) is 30.3 Å². The first kappa shape index (κ1) is 16.3. The smallest absolute Gasteiger partial charge is 0.271 e. The van der Waals surface area contributed by atoms with E-state index in [9.17, 15) is 4.79 Å². The van der Waals surface area contributed by atoms with E-state index < -0.39 is 0 Å². The highest BCUT2D eigenvalue weighted by atomic mass is 16.5. The van der Waals surface area contributed by atoms with Crippen molar-refractivity contribution in [3.8, 4) is 11.5 Å². The molecule has 0 spiro atoms. The van der Waals surface area contributed by atoms with Crippen LogP contribution < -0.4 is 5.32 Å². The van der Waals surface area contributed by atoms with Gasteiger partial charge in [0.2, 0.25) is 0 Å². The number of unbranched alkanes of at least 4 members (excludes halogenated alkanes) is 1. The summed E-state index contributed by atoms with van der Waals surface area (Å²) in [6.07, 6.45) is 3.01. The van der Waals surface area contributed by atoms with E-state index >= 15 is 0 Å². The minimum absolute atomic E-state index is 0.195. The van der Waals surface area contributed by atoms with E-state index in [2.05, 4.69) is 22.4 Å². The first-order valence-electron chi connectivity index (χ1n) is 7.69. The van der Waals surface area contributed by atoms with Gasteiger partial charge in [-0.25, -0.2) is 0 Å². The minimum Gasteiger partial charge on any atom is -0.460 e. The third-order valence-corrected chi connectivity index (χ3v) is 3.21. The number of carbonyl (C=O) groups is 1. The summed E-state index contributed by atoms with van der Waals surface area (Å²) < 4.78 is 10.9. The second kappa shape index (κ2) is 8.38. The molecule has 0 fully saturated rings. The van der Waals surface area contributed by atoms with Crippen molar-refractivity contribution >= 4 is 5.91 Å². The van der Waals surface area contributed by atoms with Crippen LogP contribution in [-0.2, 0) is 4.74 Å². The van der Waals surface area contributed by atoms with E-state index in [-0.39, 0.29) is 5.91 Å². The number of nitrogens with zero attached hydrogens (tertiary/aromatic N) is 1. The van der Waals surface area contributed by atoms with Crippen molar-refractivity contribution in [2.24, 2.45) is 0 Å². The van der Waals surface area contributed by atoms with Gasteiger partial charge in [0.25, 0.3) is 5.91 Å². The van der Waals surface area contributed by atoms with Gasteiger partial charge >= 0.3 is 0 Å². The summed E-state index contributed by atoms with van der Waals surface area (Å²) in [4.78, 5) is 12.0. The van der Waals surface area contributed by atoms with Gasteiger partial charge in [0.15, 0.2) is 11.5 Å². The molecule has 2 rings (SSSR count). The Morgan fingerprint density at radius 3 is 2.91 bits per heavy atom. The molecule has 0 saturated carbocycles. The molecule has 0 aliphatic rings. The molecule has 2 N–H and O–H groups in total. The number of aromatic nitrogens is 2. The Hall–Kier alpha value is -2.08. The molecule has 6 heteroatoms. The molecule has 0 aromatic carbocycles. The van der Waals surface area contributed by atoms with Crippen molar-refractivity contribution in [1.29, 1.82) is 0 Å². The lowest BCUT2D eigenvalue weighted by Crippen LogP contribution is -2.25. The van der Waals surface area contributed by atoms with Crippen molar-refractivity contribution in [1.82, 2.24) is 15.5 Å². The van der Waals surface area contributed by atoms with Crippen LogP contribution in [0.2, 0.25) is 0 Å². The summed E-state index contributed by atoms with van der Waals surface area (Å²) in [5, 5.41) is 9.65. The number of rotatable bonds is 9. The lowest BCUT2D eigenvalue weighted by molar-refractivity contribution is 0.0935. The minimum atomic E-state index is -0.195. The Labute approximate surface area is 130 Å². The molecule has 0 aliphatic carbocycles. The van der Waals surface area contributed by atoms with Crippen LogP contribution in [0.4, 0.5) is 0 Å². The molecular weight excluding hydrogens is 282 g/mol. The largest absolute Gasteiger partial charge is 0.460 e. The number of carbonyl (C=O) groups excluding carboxylic acids is 1. The van der Waals surface area contributed by atoms with Gasteiger partial charge in [0.05, 0.1) is 0 Å². The van der Waals surface area contributed by atoms with Crippen molar-refractivity contribution in [2.75, 3.05) is 19.8 Å². The van der Waals surface area contributed by atoms with Gasteiger partial charge in [0.1, 0.15) is 11.5 Å². The van der Waals surface area contributed by atoms with Crippen molar-refractivity contribution < 1.29 is 13.9 Å². The number of amides is 1. The van der Waals surface area contributed by atoms with Crippen LogP contribution in [-0.4, -0.2) is 35.9 Å². The van der Waals surface area contributed by atoms with Crippen LogP contribution in [0.3, 0.4) is 0 Å². The normalized spacial score (nSPS) is 10.8. The monoisotopic (exact) mass is 305 g/mol. The van der Waals surface area contributed by atoms with E-state index in [1.165, 1.54) is 0 Å². The number of nitrogens with one attached hydrogen (secondary N) is 2. The standard InChI is InChI=1S/C16H23N3O3/c1-3-4-9-21-10-5-8-17-16(20)14-11-13(18-19-14)15-7-6-12(2)22-15/h6-7,11H,3-5,8-10H2,1-2H3,(H,17,20)(H,18,19). The van der Waals surface area contributed by atoms with Crippen molar-refractivity contribution in [2.45, 2.75) is 33.1 Å². The van der Waals surface area contributed by atoms with E-state index in [1.54, 1.807) is 6.07 Å². The quantitative estimate of drug-likeness (QED) is 0.698. The highest BCUT2D eigenvalue weighted by molar-refractivity contribution is 5.93. The molecular formula is C16H23N3O3. The number of ether oxygens (including phenoxy) is 1. The number of hydrogen-bond acceptors (Lipinski definition) is 4. The number of H-pyrrole nitrogens is 1. The molecule has 0 saturated heterocycles. The zero-order valence-corrected chi connectivity index (χ0v) is 13.1. The summed E-state index contributed by atoms with van der Waals surface area (Å²) in [7, 11) is 0. The SMILES string of the molecule is CCCCOCCCNC(=O)c1cc(-c2ccc(C)o2)[nH]n1. The second-order valence-corrected chi connectivity index (χ2v) is 5.15. The van der Waals surface area contributed by atoms with Crippen LogP contribution in [0, 0.1) is 6.92 Å². The molecule has 0 radical (unpaired) electrons. The predicted molar refractivity (Wildman–Crippen MR) is 83.7 cm³/mol. The van der Waals surface area contributed by atoms with Gasteiger partial charge in [-0.15, -0.1) is 0 Å². The molecule has 6 nitrogen and oxygen atoms in total. The fourth-order valence-electron chi connectivity index (χ4n) is 1.96. The fraction of sp³-hybridized carbons (Fsp3) is 0.500. The molecule has 120 valence electrons. The molecule has 1 amide bonds. The summed E-state index contributed by atoms with van der Waals surface area (Å²) in [6, 6.07) is 5.40. The number of aromatic amines is 1. The van der Waals surface area contributed by atoms with Crippen LogP contribution in [0.1, 0.15) is 42.4 Å². The summed E-state index contributed by atoms with van der Waals surface area (Å²) in [6.45, 7) is 6.03. The second-order valence-electron chi connectivity index (χ2n) is 5.15. The molecule has 2 aromatic rings. The van der Waals surface area contributed by atoms with Crippen LogP contribution in [0.5, 0.6) is 0 Å². The molecule has 2 aromatic heterocycles. The van der Waals surface area contributed by atoms with Gasteiger partial charge in [0, 0.05) is 25.8 Å². The van der Waals surface area contributed by atoms with Gasteiger partial charge in [-0.05, 0) is 31.9 Å². The number of aryl methyl sites for hydroxylation is 1. The molecule has 0 atom stereocenters. The van der Waals surface area contributed by atoms with Gasteiger partial charge in [-0.3, -0.25) is 9.89 Å². The van der Waals surface area contributed by atoms with Gasteiger partial charge < -0.3 is 14.5 Å². The molecule has 0 unspecified atom stereocenters. The zero-order chi connectivity index (χ0) is 15.8. The van der Waals surface area contributed by atoms with Gasteiger partial charge in [-0.1, -0.05) is 13.3 Å². The molecule has 0 bridgehead atoms. The first-order chi connectivity index (χ1) is 10.7. The Morgan fingerprint density at radius 2 is 2.18 bits per heavy atom. The number of hydrogen-bond donors (Lipinski definition) is 2. The van der Waals surface area contributed by atoms with Gasteiger partial charge in [-0.2, -0.15) is 5.10 Å². The molecule has 22 heavy (non-hydrogen) atoms. The maximum absolute atomic E-state index is 12.0. The highest BCUT2D eigenvalue weighted by Gasteiger charge is 2.12. The Morgan fingerprint density at radius 1 is 1.36 bits per heavy atom. The maximum Gasteiger partial charge on any atom is 0.271 e. The Kier molecular flexibility index (Phi) is 6.21. The summed E-state index contributed by atoms with van der Waals surface area (Å²) in [5.74, 6) is 1.30. The van der Waals surface area contributed by atoms with Crippen LogP contribution in [0.25, 0.3) is 11.5 Å². The highest BCUT2D eigenvalue weighted by Crippen LogP contribution is 2.20. The van der Waals surface area contributed by atoms with Crippen LogP contribution in [0.15, 0.2) is 22.6 Å². The summed E-state index contributed by atoms with van der Waals surface area (Å²) >= 11 is 0. The third kappa shape index (κ3) is 4.73. The molecule has 0 aliphatic heterocycles. The van der Waals surface area contributed by atoms with E-state index in [4.69, 9.17) is 9.15 Å². The zero-order valence-electron chi connectivity index (χ0n) is 13.1. The lowest BCUT2D eigenvalue weighted by atomic mass is 10.3. The van der Waals surface area contributed by atoms with E-state index in [0.717, 1.165) is 31.6 Å². The number of furan rings is 1. The summed E-state index contributed by atoms with van der Waals surface area (Å²) in [5.41, 5.74) is 1.05. The first-order valence-corrected chi connectivity index (χ1v) is 7.69. The van der Waals surface area contributed by atoms with Crippen LogP contribution >= 0.6 is 0 Å². The van der Waals surface area contributed by atoms with Crippen molar-refractivity contribution in [3.05, 3.63) is 29.7 Å². The third-order valence-electron chi connectivity index (χ3n) is 3.21. The lowest BCUT2D eigenvalue weighted by Gasteiger charge is -2.04. The van der Waals surface area contributed by atoms with Crippen molar-refractivity contribution in [3.63, 3.8) is 0 Å².